The molecule has 344 valence electrons. The predicted molar refractivity (Wildman–Crippen MR) is 308 cm³/mol. The Bertz CT molecular complexity index is 4250. The quantitative estimate of drug-likeness (QED) is 0.170. The molecule has 1 nitrogen and oxygen atoms in total. The van der Waals surface area contributed by atoms with Crippen molar-refractivity contribution in [1.82, 2.24) is 0 Å². The van der Waals surface area contributed by atoms with Gasteiger partial charge in [0.1, 0.15) is 0 Å². The first-order chi connectivity index (χ1) is 36.7. The summed E-state index contributed by atoms with van der Waals surface area (Å²) in [6.45, 7) is 0. The molecule has 0 radical (unpaired) electrons. The van der Waals surface area contributed by atoms with Gasteiger partial charge in [-0.15, -0.1) is 0 Å². The van der Waals surface area contributed by atoms with E-state index in [9.17, 15) is 0 Å². The molecule has 0 fully saturated rings. The number of hydrogen-bond acceptors (Lipinski definition) is 1. The summed E-state index contributed by atoms with van der Waals surface area (Å²) in [4.78, 5) is 2.56. The molecule has 0 heterocycles. The Morgan fingerprint density at radius 1 is 0.270 bits per heavy atom. The first-order valence-electron chi connectivity index (χ1n) is 26.1. The maximum Gasteiger partial charge on any atom is 0.0726 e. The molecule has 0 bridgehead atoms. The van der Waals surface area contributed by atoms with Gasteiger partial charge in [0.05, 0.1) is 11.1 Å². The lowest BCUT2D eigenvalue weighted by Gasteiger charge is -2.32. The minimum Gasteiger partial charge on any atom is -0.310 e. The van der Waals surface area contributed by atoms with Gasteiger partial charge in [-0.1, -0.05) is 231 Å². The van der Waals surface area contributed by atoms with Gasteiger partial charge in [0, 0.05) is 16.9 Å². The van der Waals surface area contributed by atoms with Gasteiger partial charge in [0.15, 0.2) is 0 Å². The normalized spacial score (nSPS) is 13.4. The Hall–Kier alpha value is -9.30. The van der Waals surface area contributed by atoms with Crippen LogP contribution in [0.25, 0.3) is 88.7 Å². The van der Waals surface area contributed by atoms with E-state index >= 15 is 0 Å². The lowest BCUT2D eigenvalue weighted by atomic mass is 9.70. The first-order valence-corrected chi connectivity index (χ1v) is 26.1. The lowest BCUT2D eigenvalue weighted by Crippen LogP contribution is -2.26. The highest BCUT2D eigenvalue weighted by molar-refractivity contribution is 6.18. The van der Waals surface area contributed by atoms with Crippen LogP contribution in [0.3, 0.4) is 0 Å². The summed E-state index contributed by atoms with van der Waals surface area (Å²) < 4.78 is 0. The molecule has 0 unspecified atom stereocenters. The van der Waals surface area contributed by atoms with Crippen LogP contribution in [0.4, 0.5) is 17.1 Å². The van der Waals surface area contributed by atoms with Crippen molar-refractivity contribution in [3.05, 3.63) is 305 Å². The second-order valence-electron chi connectivity index (χ2n) is 20.6. The molecule has 0 N–H and O–H groups in total. The fourth-order valence-corrected chi connectivity index (χ4v) is 13.9. The van der Waals surface area contributed by atoms with Crippen molar-refractivity contribution < 1.29 is 0 Å². The Balaban J connectivity index is 0.929. The Morgan fingerprint density at radius 2 is 0.689 bits per heavy atom. The van der Waals surface area contributed by atoms with Crippen molar-refractivity contribution in [3.8, 4) is 77.9 Å². The zero-order valence-corrected chi connectivity index (χ0v) is 40.7. The maximum atomic E-state index is 2.56. The molecule has 4 aliphatic carbocycles. The molecule has 12 aromatic rings. The molecular formula is C73H47N. The second kappa shape index (κ2) is 15.8. The highest BCUT2D eigenvalue weighted by atomic mass is 15.1. The molecule has 1 spiro atoms. The van der Waals surface area contributed by atoms with Crippen molar-refractivity contribution in [2.45, 2.75) is 18.3 Å². The van der Waals surface area contributed by atoms with Gasteiger partial charge in [0.2, 0.25) is 0 Å². The van der Waals surface area contributed by atoms with Crippen LogP contribution in [0.2, 0.25) is 0 Å². The zero-order valence-electron chi connectivity index (χ0n) is 40.7. The van der Waals surface area contributed by atoms with E-state index in [4.69, 9.17) is 0 Å². The molecule has 16 rings (SSSR count). The van der Waals surface area contributed by atoms with E-state index < -0.39 is 5.41 Å². The predicted octanol–water partition coefficient (Wildman–Crippen LogP) is 18.8. The maximum absolute atomic E-state index is 2.56. The third-order valence-corrected chi connectivity index (χ3v) is 17.0. The van der Waals surface area contributed by atoms with Gasteiger partial charge in [0.25, 0.3) is 0 Å². The first kappa shape index (κ1) is 41.3. The number of hydrogen-bond donors (Lipinski definition) is 0. The SMILES string of the molecule is c1ccc2c(c1)Cc1ccccc1-c1ccc(N(c3ccc(-c4ccc5c6c(cccc46)-c4ccccc4-5)cc3)c3cccc4c3-c3ccccc3C43c4ccccc4-c4ccccc43)cc1Cc1ccccc1-2. The summed E-state index contributed by atoms with van der Waals surface area (Å²) >= 11 is 0. The van der Waals surface area contributed by atoms with E-state index in [1.807, 2.05) is 0 Å². The standard InChI is InChI=1S/C73H47N/c1-4-20-53-47(17-1)43-48-18-2-6-22-55(48)57-40-39-52(45-50(57)44-49-19-3-5-21-54(49)53)74(51-37-35-46(36-38-51)56-41-42-64-59-24-8-7-23-58(59)63-29-15-28-62(56)71(63)64)70-34-16-33-69-72(70)65-27-11-14-32-68(65)73(69)66-30-12-9-25-60(66)61-26-10-13-31-67(61)73/h1-42,45H,43-44H2. The molecule has 12 aromatic carbocycles. The third kappa shape index (κ3) is 5.75. The molecule has 0 saturated heterocycles. The van der Waals surface area contributed by atoms with Crippen molar-refractivity contribution in [1.29, 1.82) is 0 Å². The van der Waals surface area contributed by atoms with Crippen LogP contribution >= 0.6 is 0 Å². The Kier molecular flexibility index (Phi) is 8.85. The second-order valence-corrected chi connectivity index (χ2v) is 20.6. The van der Waals surface area contributed by atoms with Crippen molar-refractivity contribution in [2.24, 2.45) is 0 Å². The minimum atomic E-state index is -0.466. The number of fused-ring (bicyclic) bond motifs is 19. The highest BCUT2D eigenvalue weighted by Gasteiger charge is 2.52. The van der Waals surface area contributed by atoms with Crippen molar-refractivity contribution in [3.63, 3.8) is 0 Å². The number of rotatable bonds is 4. The summed E-state index contributed by atoms with van der Waals surface area (Å²) in [5.74, 6) is 0. The fourth-order valence-electron chi connectivity index (χ4n) is 13.9. The highest BCUT2D eigenvalue weighted by Crippen LogP contribution is 2.65. The van der Waals surface area contributed by atoms with E-state index in [-0.39, 0.29) is 0 Å². The van der Waals surface area contributed by atoms with E-state index in [0.717, 1.165) is 24.2 Å². The van der Waals surface area contributed by atoms with Crippen LogP contribution in [0.1, 0.15) is 44.5 Å². The van der Waals surface area contributed by atoms with E-state index in [2.05, 4.69) is 266 Å². The molecule has 0 aromatic heterocycles. The van der Waals surface area contributed by atoms with Crippen LogP contribution in [-0.2, 0) is 18.3 Å². The molecule has 4 aliphatic rings. The number of anilines is 3. The average Bonchev–Trinajstić information content (AvgIpc) is 4.10. The van der Waals surface area contributed by atoms with Crippen LogP contribution < -0.4 is 4.90 Å². The van der Waals surface area contributed by atoms with E-state index in [1.165, 1.54) is 139 Å². The third-order valence-electron chi connectivity index (χ3n) is 17.0. The number of benzene rings is 12. The summed E-state index contributed by atoms with van der Waals surface area (Å²) in [7, 11) is 0. The van der Waals surface area contributed by atoms with Gasteiger partial charge in [-0.25, -0.2) is 0 Å². The van der Waals surface area contributed by atoms with Crippen LogP contribution in [0, 0.1) is 0 Å². The monoisotopic (exact) mass is 937 g/mol. The van der Waals surface area contributed by atoms with Crippen molar-refractivity contribution >= 4 is 27.8 Å². The molecular weight excluding hydrogens is 891 g/mol. The molecule has 0 saturated carbocycles. The van der Waals surface area contributed by atoms with Gasteiger partial charge in [-0.3, -0.25) is 0 Å². The largest absolute Gasteiger partial charge is 0.310 e. The van der Waals surface area contributed by atoms with Gasteiger partial charge >= 0.3 is 0 Å². The van der Waals surface area contributed by atoms with Crippen LogP contribution in [-0.4, -0.2) is 0 Å². The van der Waals surface area contributed by atoms with E-state index in [0.29, 0.717) is 0 Å². The zero-order chi connectivity index (χ0) is 48.5. The Labute approximate surface area is 432 Å². The summed E-state index contributed by atoms with van der Waals surface area (Å²) in [6, 6.07) is 98.7. The minimum absolute atomic E-state index is 0.466. The van der Waals surface area contributed by atoms with Crippen LogP contribution in [0.15, 0.2) is 261 Å². The van der Waals surface area contributed by atoms with Gasteiger partial charge in [-0.2, -0.15) is 0 Å². The van der Waals surface area contributed by atoms with Crippen molar-refractivity contribution in [2.75, 3.05) is 4.90 Å². The molecule has 0 aliphatic heterocycles. The smallest absolute Gasteiger partial charge is 0.0726 e. The lowest BCUT2D eigenvalue weighted by molar-refractivity contribution is 0.794. The van der Waals surface area contributed by atoms with Crippen LogP contribution in [0.5, 0.6) is 0 Å². The topological polar surface area (TPSA) is 3.24 Å². The van der Waals surface area contributed by atoms with E-state index in [1.54, 1.807) is 0 Å². The fraction of sp³-hybridized carbons (Fsp3) is 0.0411. The molecule has 1 heteroatoms. The summed E-state index contributed by atoms with van der Waals surface area (Å²) in [5.41, 5.74) is 31.7. The molecule has 0 atom stereocenters. The average molecular weight is 938 g/mol. The molecule has 74 heavy (non-hydrogen) atoms. The number of nitrogens with zero attached hydrogens (tertiary/aromatic N) is 1. The Morgan fingerprint density at radius 3 is 1.31 bits per heavy atom. The molecule has 0 amide bonds. The van der Waals surface area contributed by atoms with Gasteiger partial charge < -0.3 is 4.90 Å². The van der Waals surface area contributed by atoms with Gasteiger partial charge in [-0.05, 0) is 171 Å². The summed E-state index contributed by atoms with van der Waals surface area (Å²) in [6.07, 6.45) is 1.65. The summed E-state index contributed by atoms with van der Waals surface area (Å²) in [5, 5.41) is 2.63.